The Labute approximate surface area is 94.5 Å². The molecule has 1 aromatic rings. The van der Waals surface area contributed by atoms with Gasteiger partial charge in [0.15, 0.2) is 0 Å². The maximum absolute atomic E-state index is 12.7. The van der Waals surface area contributed by atoms with Gasteiger partial charge in [0.1, 0.15) is 5.82 Å². The molecule has 2 atom stereocenters. The monoisotopic (exact) mass is 225 g/mol. The van der Waals surface area contributed by atoms with E-state index in [0.29, 0.717) is 12.0 Å². The summed E-state index contributed by atoms with van der Waals surface area (Å²) in [6, 6.07) is 7.49. The van der Waals surface area contributed by atoms with Crippen LogP contribution in [-0.2, 0) is 6.42 Å². The average Bonchev–Trinajstić information content (AvgIpc) is 2.69. The molecule has 1 aromatic carbocycles. The van der Waals surface area contributed by atoms with Crippen LogP contribution in [0.4, 0.5) is 4.39 Å². The third kappa shape index (κ3) is 2.73. The molecule has 0 saturated carbocycles. The molecule has 0 bridgehead atoms. The first-order valence-corrected chi connectivity index (χ1v) is 6.44. The lowest BCUT2D eigenvalue weighted by atomic mass is 9.95. The van der Waals surface area contributed by atoms with Crippen molar-refractivity contribution in [1.82, 2.24) is 5.32 Å². The van der Waals surface area contributed by atoms with Gasteiger partial charge in [-0.1, -0.05) is 12.1 Å². The topological polar surface area (TPSA) is 12.0 Å². The normalized spacial score (nSPS) is 25.7. The zero-order valence-electron chi connectivity index (χ0n) is 8.87. The molecule has 0 spiro atoms. The summed E-state index contributed by atoms with van der Waals surface area (Å²) in [4.78, 5) is 0. The second kappa shape index (κ2) is 4.99. The van der Waals surface area contributed by atoms with Crippen molar-refractivity contribution in [2.24, 2.45) is 5.92 Å². The molecular formula is C12H16FNS. The number of hydrogen-bond acceptors (Lipinski definition) is 2. The zero-order valence-corrected chi connectivity index (χ0v) is 9.69. The largest absolute Gasteiger partial charge is 0.316 e. The van der Waals surface area contributed by atoms with Crippen LogP contribution < -0.4 is 5.32 Å². The molecule has 1 aliphatic heterocycles. The Morgan fingerprint density at radius 2 is 2.07 bits per heavy atom. The molecule has 15 heavy (non-hydrogen) atoms. The molecule has 1 saturated heterocycles. The minimum Gasteiger partial charge on any atom is -0.316 e. The molecule has 1 heterocycles. The Morgan fingerprint density at radius 1 is 1.33 bits per heavy atom. The molecule has 82 valence electrons. The molecule has 2 unspecified atom stereocenters. The molecule has 0 aromatic heterocycles. The molecular weight excluding hydrogens is 209 g/mol. The lowest BCUT2D eigenvalue weighted by molar-refractivity contribution is 0.453. The highest BCUT2D eigenvalue weighted by molar-refractivity contribution is 7.99. The fourth-order valence-electron chi connectivity index (χ4n) is 2.04. The molecule has 0 radical (unpaired) electrons. The Hall–Kier alpha value is -0.540. The summed E-state index contributed by atoms with van der Waals surface area (Å²) in [5.41, 5.74) is 1.24. The minimum atomic E-state index is -0.148. The van der Waals surface area contributed by atoms with E-state index >= 15 is 0 Å². The first-order chi connectivity index (χ1) is 7.29. The van der Waals surface area contributed by atoms with E-state index in [1.54, 1.807) is 12.1 Å². The van der Waals surface area contributed by atoms with Crippen molar-refractivity contribution in [3.8, 4) is 0 Å². The number of hydrogen-bond donors (Lipinski definition) is 1. The van der Waals surface area contributed by atoms with Crippen LogP contribution in [0.1, 0.15) is 5.56 Å². The number of thioether (sulfide) groups is 1. The van der Waals surface area contributed by atoms with Crippen molar-refractivity contribution in [1.29, 1.82) is 0 Å². The van der Waals surface area contributed by atoms with Gasteiger partial charge in [0.25, 0.3) is 0 Å². The Kier molecular flexibility index (Phi) is 3.65. The predicted molar refractivity (Wildman–Crippen MR) is 63.8 cm³/mol. The third-order valence-electron chi connectivity index (χ3n) is 2.98. The number of rotatable bonds is 3. The molecule has 1 fully saturated rings. The van der Waals surface area contributed by atoms with E-state index in [4.69, 9.17) is 0 Å². The fourth-order valence-corrected chi connectivity index (χ4v) is 3.52. The van der Waals surface area contributed by atoms with E-state index in [1.807, 2.05) is 30.9 Å². The SMILES string of the molecule is CNC1CSCC1Cc1ccc(F)cc1. The van der Waals surface area contributed by atoms with E-state index in [9.17, 15) is 4.39 Å². The summed E-state index contributed by atoms with van der Waals surface area (Å²) in [6.07, 6.45) is 1.05. The molecule has 1 aliphatic rings. The van der Waals surface area contributed by atoms with Gasteiger partial charge in [-0.15, -0.1) is 0 Å². The van der Waals surface area contributed by atoms with Crippen LogP contribution in [0.5, 0.6) is 0 Å². The molecule has 2 rings (SSSR count). The van der Waals surface area contributed by atoms with E-state index in [1.165, 1.54) is 17.1 Å². The van der Waals surface area contributed by atoms with E-state index in [-0.39, 0.29) is 5.82 Å². The maximum Gasteiger partial charge on any atom is 0.123 e. The van der Waals surface area contributed by atoms with Crippen molar-refractivity contribution in [2.45, 2.75) is 12.5 Å². The predicted octanol–water partition coefficient (Wildman–Crippen LogP) is 2.32. The van der Waals surface area contributed by atoms with Crippen LogP contribution in [-0.4, -0.2) is 24.6 Å². The summed E-state index contributed by atoms with van der Waals surface area (Å²) in [5, 5.41) is 3.35. The summed E-state index contributed by atoms with van der Waals surface area (Å²) in [5.74, 6) is 2.95. The Morgan fingerprint density at radius 3 is 2.73 bits per heavy atom. The van der Waals surface area contributed by atoms with Gasteiger partial charge in [0, 0.05) is 11.8 Å². The van der Waals surface area contributed by atoms with Crippen molar-refractivity contribution in [3.63, 3.8) is 0 Å². The van der Waals surface area contributed by atoms with Crippen LogP contribution in [0, 0.1) is 11.7 Å². The summed E-state index contributed by atoms with van der Waals surface area (Å²) < 4.78 is 12.7. The van der Waals surface area contributed by atoms with Crippen molar-refractivity contribution in [2.75, 3.05) is 18.6 Å². The van der Waals surface area contributed by atoms with Crippen LogP contribution in [0.15, 0.2) is 24.3 Å². The zero-order chi connectivity index (χ0) is 10.7. The first-order valence-electron chi connectivity index (χ1n) is 5.29. The van der Waals surface area contributed by atoms with Crippen LogP contribution in [0.2, 0.25) is 0 Å². The molecule has 1 nitrogen and oxygen atoms in total. The van der Waals surface area contributed by atoms with Crippen molar-refractivity contribution in [3.05, 3.63) is 35.6 Å². The van der Waals surface area contributed by atoms with Gasteiger partial charge in [0.05, 0.1) is 0 Å². The van der Waals surface area contributed by atoms with Gasteiger partial charge < -0.3 is 5.32 Å². The average molecular weight is 225 g/mol. The molecule has 1 N–H and O–H groups in total. The standard InChI is InChI=1S/C12H16FNS/c1-14-12-8-15-7-10(12)6-9-2-4-11(13)5-3-9/h2-5,10,12,14H,6-8H2,1H3. The second-order valence-corrected chi connectivity index (χ2v) is 5.10. The van der Waals surface area contributed by atoms with Crippen LogP contribution in [0.25, 0.3) is 0 Å². The van der Waals surface area contributed by atoms with E-state index in [2.05, 4.69) is 5.32 Å². The van der Waals surface area contributed by atoms with E-state index in [0.717, 1.165) is 6.42 Å². The van der Waals surface area contributed by atoms with Crippen molar-refractivity contribution < 1.29 is 4.39 Å². The summed E-state index contributed by atoms with van der Waals surface area (Å²) in [6.45, 7) is 0. The van der Waals surface area contributed by atoms with E-state index < -0.39 is 0 Å². The lowest BCUT2D eigenvalue weighted by Gasteiger charge is -2.17. The Bertz CT molecular complexity index is 312. The number of halogens is 1. The molecule has 0 aliphatic carbocycles. The Balaban J connectivity index is 1.99. The fraction of sp³-hybridized carbons (Fsp3) is 0.500. The number of nitrogens with one attached hydrogen (secondary N) is 1. The minimum absolute atomic E-state index is 0.148. The highest BCUT2D eigenvalue weighted by Crippen LogP contribution is 2.27. The van der Waals surface area contributed by atoms with Gasteiger partial charge in [-0.2, -0.15) is 11.8 Å². The van der Waals surface area contributed by atoms with Gasteiger partial charge in [-0.05, 0) is 42.8 Å². The first kappa shape index (κ1) is 11.0. The smallest absolute Gasteiger partial charge is 0.123 e. The summed E-state index contributed by atoms with van der Waals surface area (Å²) in [7, 11) is 2.02. The third-order valence-corrected chi connectivity index (χ3v) is 4.24. The van der Waals surface area contributed by atoms with Gasteiger partial charge in [0.2, 0.25) is 0 Å². The quantitative estimate of drug-likeness (QED) is 0.847. The van der Waals surface area contributed by atoms with Crippen molar-refractivity contribution >= 4 is 11.8 Å². The highest BCUT2D eigenvalue weighted by atomic mass is 32.2. The summed E-state index contributed by atoms with van der Waals surface area (Å²) >= 11 is 2.00. The second-order valence-electron chi connectivity index (χ2n) is 4.02. The molecule has 3 heteroatoms. The van der Waals surface area contributed by atoms with Crippen LogP contribution in [0.3, 0.4) is 0 Å². The highest BCUT2D eigenvalue weighted by Gasteiger charge is 2.26. The van der Waals surface area contributed by atoms with Gasteiger partial charge in [-0.3, -0.25) is 0 Å². The molecule has 0 amide bonds. The van der Waals surface area contributed by atoms with Crippen LogP contribution >= 0.6 is 11.8 Å². The number of benzene rings is 1. The van der Waals surface area contributed by atoms with Gasteiger partial charge >= 0.3 is 0 Å². The maximum atomic E-state index is 12.7. The lowest BCUT2D eigenvalue weighted by Crippen LogP contribution is -2.33. The van der Waals surface area contributed by atoms with Gasteiger partial charge in [-0.25, -0.2) is 4.39 Å².